The third-order valence-corrected chi connectivity index (χ3v) is 9.47. The van der Waals surface area contributed by atoms with Crippen LogP contribution >= 0.6 is 0 Å². The van der Waals surface area contributed by atoms with Crippen molar-refractivity contribution in [1.29, 1.82) is 0 Å². The van der Waals surface area contributed by atoms with Crippen molar-refractivity contribution in [2.75, 3.05) is 4.90 Å². The molecule has 0 spiro atoms. The largest absolute Gasteiger partial charge is 0.293 e. The molecule has 0 radical (unpaired) electrons. The Bertz CT molecular complexity index is 2160. The Kier molecular flexibility index (Phi) is 8.41. The van der Waals surface area contributed by atoms with Gasteiger partial charge >= 0.3 is 0 Å². The fraction of sp³-hybridized carbons (Fsp3) is 0.136. The van der Waals surface area contributed by atoms with E-state index < -0.39 is 0 Å². The molecule has 0 saturated heterocycles. The number of hydrogen-bond donors (Lipinski definition) is 0. The number of nitrogens with zero attached hydrogens (tertiary/aromatic N) is 3. The molecule has 7 rings (SSSR count). The molecule has 0 unspecified atom stereocenters. The van der Waals surface area contributed by atoms with Gasteiger partial charge in [-0.1, -0.05) is 153 Å². The summed E-state index contributed by atoms with van der Waals surface area (Å²) in [6.07, 6.45) is 3.70. The van der Waals surface area contributed by atoms with Gasteiger partial charge in [-0.3, -0.25) is 9.88 Å². The van der Waals surface area contributed by atoms with Crippen molar-refractivity contribution in [2.45, 2.75) is 41.5 Å². The van der Waals surface area contributed by atoms with Gasteiger partial charge in [-0.05, 0) is 65.1 Å². The number of benzene rings is 6. The first-order chi connectivity index (χ1) is 23.3. The van der Waals surface area contributed by atoms with Crippen molar-refractivity contribution in [1.82, 2.24) is 9.97 Å². The number of anilines is 3. The van der Waals surface area contributed by atoms with Crippen LogP contribution in [0.1, 0.15) is 33.4 Å². The zero-order chi connectivity index (χ0) is 33.4. The topological polar surface area (TPSA) is 29.0 Å². The van der Waals surface area contributed by atoms with Gasteiger partial charge in [-0.15, -0.1) is 0 Å². The van der Waals surface area contributed by atoms with Crippen molar-refractivity contribution in [2.24, 2.45) is 0 Å². The minimum atomic E-state index is 0.0662. The van der Waals surface area contributed by atoms with Gasteiger partial charge in [0.1, 0.15) is 0 Å². The van der Waals surface area contributed by atoms with E-state index in [1.807, 2.05) is 30.6 Å². The number of aryl methyl sites for hydroxylation is 6. The maximum Gasteiger partial charge on any atom is 0.243 e. The van der Waals surface area contributed by atoms with Crippen LogP contribution in [0.4, 0.5) is 17.2 Å². The van der Waals surface area contributed by atoms with Crippen molar-refractivity contribution in [3.05, 3.63) is 167 Å². The molecule has 7 aromatic rings. The lowest BCUT2D eigenvalue weighted by atomic mass is 9.33. The van der Waals surface area contributed by atoms with E-state index >= 15 is 0 Å². The van der Waals surface area contributed by atoms with Gasteiger partial charge in [0, 0.05) is 16.6 Å². The molecule has 1 heterocycles. The lowest BCUT2D eigenvalue weighted by molar-refractivity contribution is 1.13. The average Bonchev–Trinajstić information content (AvgIpc) is 3.08. The van der Waals surface area contributed by atoms with Crippen LogP contribution in [-0.2, 0) is 0 Å². The van der Waals surface area contributed by atoms with E-state index in [1.54, 1.807) is 0 Å². The summed E-state index contributed by atoms with van der Waals surface area (Å²) in [4.78, 5) is 12.1. The van der Waals surface area contributed by atoms with Crippen LogP contribution in [-0.4, -0.2) is 16.7 Å². The smallest absolute Gasteiger partial charge is 0.243 e. The van der Waals surface area contributed by atoms with E-state index in [1.165, 1.54) is 60.5 Å². The maximum absolute atomic E-state index is 5.18. The van der Waals surface area contributed by atoms with Crippen molar-refractivity contribution >= 4 is 51.1 Å². The van der Waals surface area contributed by atoms with E-state index in [0.29, 0.717) is 0 Å². The number of hydrogen-bond acceptors (Lipinski definition) is 3. The van der Waals surface area contributed by atoms with Crippen LogP contribution < -0.4 is 21.3 Å². The maximum atomic E-state index is 5.18. The number of rotatable bonds is 7. The van der Waals surface area contributed by atoms with E-state index in [9.17, 15) is 0 Å². The molecular weight excluding hydrogens is 581 g/mol. The quantitative estimate of drug-likeness (QED) is 0.166. The Balaban J connectivity index is 1.50. The zero-order valence-corrected chi connectivity index (χ0v) is 28.6. The van der Waals surface area contributed by atoms with Gasteiger partial charge in [-0.25, -0.2) is 4.98 Å². The van der Waals surface area contributed by atoms with Crippen LogP contribution in [0.25, 0.3) is 22.0 Å². The summed E-state index contributed by atoms with van der Waals surface area (Å²) in [5.74, 6) is 0.771. The summed E-state index contributed by atoms with van der Waals surface area (Å²) < 4.78 is 0. The molecule has 0 bridgehead atoms. The molecule has 4 heteroatoms. The fourth-order valence-corrected chi connectivity index (χ4v) is 7.68. The van der Waals surface area contributed by atoms with Gasteiger partial charge in [0.2, 0.25) is 6.71 Å². The summed E-state index contributed by atoms with van der Waals surface area (Å²) in [7, 11) is 0. The predicted octanol–water partition coefficient (Wildman–Crippen LogP) is 9.13. The van der Waals surface area contributed by atoms with Crippen molar-refractivity contribution in [3.8, 4) is 11.3 Å². The number of fused-ring (bicyclic) bond motifs is 1. The molecule has 0 N–H and O–H groups in total. The number of para-hydroxylation sites is 1. The lowest BCUT2D eigenvalue weighted by Gasteiger charge is -2.29. The van der Waals surface area contributed by atoms with Crippen LogP contribution in [0.2, 0.25) is 0 Å². The van der Waals surface area contributed by atoms with Gasteiger partial charge in [0.15, 0.2) is 5.82 Å². The van der Waals surface area contributed by atoms with E-state index in [0.717, 1.165) is 28.5 Å². The van der Waals surface area contributed by atoms with Crippen LogP contribution in [0, 0.1) is 41.5 Å². The second kappa shape index (κ2) is 13.0. The fourth-order valence-electron chi connectivity index (χ4n) is 7.68. The highest BCUT2D eigenvalue weighted by Gasteiger charge is 2.31. The molecule has 0 aliphatic heterocycles. The van der Waals surface area contributed by atoms with Gasteiger partial charge in [0.05, 0.1) is 23.8 Å². The highest BCUT2D eigenvalue weighted by Crippen LogP contribution is 2.38. The first kappa shape index (κ1) is 31.1. The molecule has 0 aliphatic carbocycles. The van der Waals surface area contributed by atoms with Crippen molar-refractivity contribution < 1.29 is 0 Å². The first-order valence-corrected chi connectivity index (χ1v) is 16.7. The Morgan fingerprint density at radius 3 is 1.62 bits per heavy atom. The summed E-state index contributed by atoms with van der Waals surface area (Å²) in [6, 6.07) is 43.6. The Labute approximate surface area is 285 Å². The second-order valence-corrected chi connectivity index (χ2v) is 13.1. The minimum Gasteiger partial charge on any atom is -0.293 e. The molecular formula is C44H40BN3. The molecule has 0 aliphatic rings. The van der Waals surface area contributed by atoms with Crippen LogP contribution in [0.15, 0.2) is 134 Å². The highest BCUT2D eigenvalue weighted by atomic mass is 15.2. The Morgan fingerprint density at radius 2 is 1.04 bits per heavy atom. The SMILES string of the molecule is Cc1cc(C)c(B(c2c(C)cc(C)cc2C)c2ccc(N(c3ccccc3)c3cncc(-c4ccccc4)n3)c3ccccc23)c(C)c1. The van der Waals surface area contributed by atoms with E-state index in [-0.39, 0.29) is 6.71 Å². The first-order valence-electron chi connectivity index (χ1n) is 16.7. The van der Waals surface area contributed by atoms with Crippen LogP contribution in [0.3, 0.4) is 0 Å². The molecule has 0 atom stereocenters. The van der Waals surface area contributed by atoms with E-state index in [2.05, 4.69) is 155 Å². The predicted molar refractivity (Wildman–Crippen MR) is 206 cm³/mol. The standard InChI is InChI=1S/C44H40BN3/c1-29-23-31(3)43(32(4)24-29)45(44-33(5)25-30(2)26-34(44)6)39-21-22-41(38-20-14-13-19-37(38)39)48(36-17-11-8-12-18-36)42-28-46-27-40(47-42)35-15-9-7-10-16-35/h7-28H,1-6H3. The molecule has 0 fully saturated rings. The third-order valence-electron chi connectivity index (χ3n) is 9.47. The van der Waals surface area contributed by atoms with Gasteiger partial charge in [-0.2, -0.15) is 0 Å². The molecule has 3 nitrogen and oxygen atoms in total. The average molecular weight is 622 g/mol. The molecule has 48 heavy (non-hydrogen) atoms. The molecule has 0 saturated carbocycles. The summed E-state index contributed by atoms with van der Waals surface area (Å²) in [5.41, 5.74) is 15.9. The van der Waals surface area contributed by atoms with Gasteiger partial charge < -0.3 is 0 Å². The van der Waals surface area contributed by atoms with Crippen LogP contribution in [0.5, 0.6) is 0 Å². The van der Waals surface area contributed by atoms with Crippen molar-refractivity contribution in [3.63, 3.8) is 0 Å². The highest BCUT2D eigenvalue weighted by molar-refractivity contribution is 6.98. The summed E-state index contributed by atoms with van der Waals surface area (Å²) in [6.45, 7) is 13.5. The number of aromatic nitrogens is 2. The third kappa shape index (κ3) is 5.79. The Hall–Kier alpha value is -5.48. The molecule has 0 amide bonds. The van der Waals surface area contributed by atoms with E-state index in [4.69, 9.17) is 4.98 Å². The van der Waals surface area contributed by atoms with Gasteiger partial charge in [0.25, 0.3) is 0 Å². The normalized spacial score (nSPS) is 11.1. The summed E-state index contributed by atoms with van der Waals surface area (Å²) in [5, 5.41) is 2.40. The molecule has 1 aromatic heterocycles. The summed E-state index contributed by atoms with van der Waals surface area (Å²) >= 11 is 0. The zero-order valence-electron chi connectivity index (χ0n) is 28.6. The molecule has 6 aromatic carbocycles. The monoisotopic (exact) mass is 621 g/mol. The lowest BCUT2D eigenvalue weighted by Crippen LogP contribution is -2.56. The Morgan fingerprint density at radius 1 is 0.521 bits per heavy atom. The minimum absolute atomic E-state index is 0.0662. The molecule has 234 valence electrons. The second-order valence-electron chi connectivity index (χ2n) is 13.1.